The first kappa shape index (κ1) is 15.4. The van der Waals surface area contributed by atoms with Gasteiger partial charge in [0.2, 0.25) is 0 Å². The second kappa shape index (κ2) is 6.21. The Hall–Kier alpha value is -1.96. The fraction of sp³-hybridized carbons (Fsp3) is 0.308. The smallest absolute Gasteiger partial charge is 0.434 e. The van der Waals surface area contributed by atoms with E-state index in [-0.39, 0.29) is 18.9 Å². The molecule has 4 nitrogen and oxygen atoms in total. The number of alkyl halides is 3. The molecule has 2 aromatic heterocycles. The van der Waals surface area contributed by atoms with Gasteiger partial charge < -0.3 is 4.74 Å². The molecule has 0 aliphatic carbocycles. The van der Waals surface area contributed by atoms with Crippen molar-refractivity contribution in [1.29, 1.82) is 0 Å². The van der Waals surface area contributed by atoms with Crippen molar-refractivity contribution >= 4 is 17.3 Å². The summed E-state index contributed by atoms with van der Waals surface area (Å²) in [4.78, 5) is 19.7. The maximum Gasteiger partial charge on any atom is 0.434 e. The van der Waals surface area contributed by atoms with Crippen molar-refractivity contribution in [2.24, 2.45) is 0 Å². The Kier molecular flexibility index (Phi) is 4.56. The second-order valence-corrected chi connectivity index (χ2v) is 5.06. The Morgan fingerprint density at radius 2 is 2.19 bits per heavy atom. The van der Waals surface area contributed by atoms with Crippen LogP contribution in [-0.2, 0) is 17.3 Å². The average molecular weight is 316 g/mol. The Bertz CT molecular complexity index is 627. The maximum absolute atomic E-state index is 13.0. The molecule has 0 amide bonds. The zero-order valence-electron chi connectivity index (χ0n) is 11.0. The number of hydrogen-bond acceptors (Lipinski definition) is 5. The van der Waals surface area contributed by atoms with Gasteiger partial charge in [0.1, 0.15) is 11.4 Å². The van der Waals surface area contributed by atoms with E-state index in [1.807, 2.05) is 5.38 Å². The van der Waals surface area contributed by atoms with E-state index in [0.29, 0.717) is 0 Å². The molecule has 0 aliphatic rings. The lowest BCUT2D eigenvalue weighted by Gasteiger charge is -2.11. The lowest BCUT2D eigenvalue weighted by Crippen LogP contribution is -2.19. The highest BCUT2D eigenvalue weighted by Gasteiger charge is 2.38. The van der Waals surface area contributed by atoms with Crippen LogP contribution in [0.5, 0.6) is 0 Å². The molecule has 8 heteroatoms. The van der Waals surface area contributed by atoms with Crippen molar-refractivity contribution < 1.29 is 22.7 Å². The first-order valence-corrected chi connectivity index (χ1v) is 6.92. The average Bonchev–Trinajstić information content (AvgIpc) is 2.91. The topological polar surface area (TPSA) is 52.1 Å². The minimum atomic E-state index is -4.74. The van der Waals surface area contributed by atoms with Gasteiger partial charge in [-0.25, -0.2) is 14.8 Å². The molecule has 2 aromatic rings. The highest BCUT2D eigenvalue weighted by molar-refractivity contribution is 7.09. The molecular weight excluding hydrogens is 305 g/mol. The number of ether oxygens (including phenoxy) is 1. The molecule has 0 saturated heterocycles. The molecule has 2 rings (SSSR count). The largest absolute Gasteiger partial charge is 0.462 e. The summed E-state index contributed by atoms with van der Waals surface area (Å²) in [6.07, 6.45) is -3.68. The summed E-state index contributed by atoms with van der Waals surface area (Å²) in [7, 11) is 0. The minimum Gasteiger partial charge on any atom is -0.462 e. The molecule has 0 saturated carbocycles. The minimum absolute atomic E-state index is 0.0119. The quantitative estimate of drug-likeness (QED) is 0.812. The molecule has 0 unspecified atom stereocenters. The molecule has 21 heavy (non-hydrogen) atoms. The van der Waals surface area contributed by atoms with Crippen molar-refractivity contribution in [3.8, 4) is 0 Å². The Balaban J connectivity index is 2.37. The van der Waals surface area contributed by atoms with Gasteiger partial charge in [0.15, 0.2) is 5.69 Å². The van der Waals surface area contributed by atoms with Gasteiger partial charge in [-0.3, -0.25) is 0 Å². The normalized spacial score (nSPS) is 11.4. The van der Waals surface area contributed by atoms with Crippen LogP contribution in [0.3, 0.4) is 0 Å². The lowest BCUT2D eigenvalue weighted by atomic mass is 10.2. The van der Waals surface area contributed by atoms with Crippen molar-refractivity contribution in [2.45, 2.75) is 19.5 Å². The van der Waals surface area contributed by atoms with E-state index in [9.17, 15) is 18.0 Å². The number of nitrogens with zero attached hydrogens (tertiary/aromatic N) is 2. The monoisotopic (exact) mass is 316 g/mol. The van der Waals surface area contributed by atoms with Gasteiger partial charge in [-0.05, 0) is 18.4 Å². The molecule has 0 aromatic carbocycles. The van der Waals surface area contributed by atoms with E-state index < -0.39 is 23.4 Å². The first-order chi connectivity index (χ1) is 9.91. The lowest BCUT2D eigenvalue weighted by molar-refractivity contribution is -0.142. The van der Waals surface area contributed by atoms with Crippen LogP contribution in [0.2, 0.25) is 0 Å². The third kappa shape index (κ3) is 3.78. The van der Waals surface area contributed by atoms with E-state index in [0.717, 1.165) is 11.1 Å². The molecule has 0 spiro atoms. The van der Waals surface area contributed by atoms with E-state index in [1.54, 1.807) is 12.1 Å². The molecule has 0 atom stereocenters. The van der Waals surface area contributed by atoms with Gasteiger partial charge >= 0.3 is 12.1 Å². The number of aromatic nitrogens is 2. The van der Waals surface area contributed by atoms with Gasteiger partial charge in [0.25, 0.3) is 0 Å². The van der Waals surface area contributed by atoms with Crippen LogP contribution < -0.4 is 0 Å². The van der Waals surface area contributed by atoms with Crippen LogP contribution in [0.25, 0.3) is 0 Å². The predicted molar refractivity (Wildman–Crippen MR) is 70.1 cm³/mol. The summed E-state index contributed by atoms with van der Waals surface area (Å²) < 4.78 is 43.6. The van der Waals surface area contributed by atoms with Crippen LogP contribution in [0.15, 0.2) is 23.7 Å². The molecule has 0 N–H and O–H groups in total. The summed E-state index contributed by atoms with van der Waals surface area (Å²) in [5.74, 6) is -1.06. The van der Waals surface area contributed by atoms with Crippen molar-refractivity contribution in [3.05, 3.63) is 45.7 Å². The Labute approximate surface area is 122 Å². The number of thiophene rings is 1. The fourth-order valence-corrected chi connectivity index (χ4v) is 2.35. The Morgan fingerprint density at radius 1 is 1.43 bits per heavy atom. The van der Waals surface area contributed by atoms with Crippen LogP contribution in [0.1, 0.15) is 33.7 Å². The summed E-state index contributed by atoms with van der Waals surface area (Å²) in [6, 6.07) is 3.57. The molecular formula is C13H11F3N2O2S. The first-order valence-electron chi connectivity index (χ1n) is 6.04. The van der Waals surface area contributed by atoms with Gasteiger partial charge in [-0.1, -0.05) is 6.07 Å². The summed E-state index contributed by atoms with van der Waals surface area (Å²) in [5, 5.41) is 1.81. The van der Waals surface area contributed by atoms with Crippen molar-refractivity contribution in [3.63, 3.8) is 0 Å². The third-order valence-electron chi connectivity index (χ3n) is 2.51. The number of carbonyl (C=O) groups is 1. The summed E-state index contributed by atoms with van der Waals surface area (Å²) in [5.41, 5.74) is -1.93. The van der Waals surface area contributed by atoms with Crippen LogP contribution in [-0.4, -0.2) is 22.5 Å². The van der Waals surface area contributed by atoms with E-state index in [4.69, 9.17) is 0 Å². The number of rotatable bonds is 4. The number of halogens is 3. The summed E-state index contributed by atoms with van der Waals surface area (Å²) >= 11 is 1.40. The second-order valence-electron chi connectivity index (χ2n) is 4.02. The molecule has 0 radical (unpaired) electrons. The molecule has 112 valence electrons. The SMILES string of the molecule is CCOC(=O)c1cnc(Cc2cccs2)nc1C(F)(F)F. The Morgan fingerprint density at radius 3 is 2.76 bits per heavy atom. The third-order valence-corrected chi connectivity index (χ3v) is 3.39. The highest BCUT2D eigenvalue weighted by atomic mass is 32.1. The molecule has 0 fully saturated rings. The zero-order chi connectivity index (χ0) is 15.5. The van der Waals surface area contributed by atoms with Gasteiger partial charge in [-0.15, -0.1) is 11.3 Å². The van der Waals surface area contributed by atoms with E-state index in [1.165, 1.54) is 18.3 Å². The zero-order valence-corrected chi connectivity index (χ0v) is 11.8. The molecule has 0 aliphatic heterocycles. The highest BCUT2D eigenvalue weighted by Crippen LogP contribution is 2.30. The number of carbonyl (C=O) groups excluding carboxylic acids is 1. The van der Waals surface area contributed by atoms with Crippen LogP contribution >= 0.6 is 11.3 Å². The van der Waals surface area contributed by atoms with Crippen LogP contribution in [0.4, 0.5) is 13.2 Å². The summed E-state index contributed by atoms with van der Waals surface area (Å²) in [6.45, 7) is 1.49. The molecule has 0 bridgehead atoms. The van der Waals surface area contributed by atoms with Gasteiger partial charge in [0.05, 0.1) is 6.61 Å². The van der Waals surface area contributed by atoms with Gasteiger partial charge in [0, 0.05) is 17.5 Å². The maximum atomic E-state index is 13.0. The number of esters is 1. The van der Waals surface area contributed by atoms with Gasteiger partial charge in [-0.2, -0.15) is 13.2 Å². The van der Waals surface area contributed by atoms with Crippen LogP contribution in [0, 0.1) is 0 Å². The van der Waals surface area contributed by atoms with E-state index in [2.05, 4.69) is 14.7 Å². The van der Waals surface area contributed by atoms with Crippen molar-refractivity contribution in [2.75, 3.05) is 6.61 Å². The van der Waals surface area contributed by atoms with E-state index >= 15 is 0 Å². The molecule has 2 heterocycles. The fourth-order valence-electron chi connectivity index (χ4n) is 1.65. The van der Waals surface area contributed by atoms with Crippen molar-refractivity contribution in [1.82, 2.24) is 9.97 Å². The standard InChI is InChI=1S/C13H11F3N2O2S/c1-2-20-12(19)9-7-17-10(6-8-4-3-5-21-8)18-11(9)13(14,15)16/h3-5,7H,2,6H2,1H3. The number of hydrogen-bond donors (Lipinski definition) is 0. The predicted octanol–water partition coefficient (Wildman–Crippen LogP) is 3.32.